The molecule has 96 valence electrons. The predicted molar refractivity (Wildman–Crippen MR) is 62.5 cm³/mol. The van der Waals surface area contributed by atoms with E-state index in [1.54, 1.807) is 6.92 Å². The summed E-state index contributed by atoms with van der Waals surface area (Å²) in [5.74, 6) is -0.614. The zero-order valence-corrected chi connectivity index (χ0v) is 9.80. The van der Waals surface area contributed by atoms with Gasteiger partial charge < -0.3 is 5.32 Å². The second kappa shape index (κ2) is 5.21. The van der Waals surface area contributed by atoms with Gasteiger partial charge in [-0.15, -0.1) is 0 Å². The Morgan fingerprint density at radius 1 is 1.28 bits per heavy atom. The number of nitrogens with one attached hydrogen (secondary N) is 1. The first-order valence-corrected chi connectivity index (χ1v) is 5.10. The van der Waals surface area contributed by atoms with Gasteiger partial charge >= 0.3 is 0 Å². The molecule has 0 aliphatic rings. The van der Waals surface area contributed by atoms with Crippen LogP contribution < -0.4 is 5.32 Å². The summed E-state index contributed by atoms with van der Waals surface area (Å²) in [5.41, 5.74) is -0.922. The van der Waals surface area contributed by atoms with Crippen LogP contribution in [0.25, 0.3) is 0 Å². The molecule has 0 radical (unpaired) electrons. The number of nitrogens with zero attached hydrogens (tertiary/aromatic N) is 2. The number of hydrogen-bond acceptors (Lipinski definition) is 5. The summed E-state index contributed by atoms with van der Waals surface area (Å²) in [6, 6.07) is 1.93. The summed E-state index contributed by atoms with van der Waals surface area (Å²) >= 11 is 0. The lowest BCUT2D eigenvalue weighted by Gasteiger charge is -2.06. The number of amides is 1. The highest BCUT2D eigenvalue weighted by molar-refractivity contribution is 6.00. The molecule has 0 aliphatic carbocycles. The number of nitro groups is 2. The number of non-ortho nitro benzene ring substituents is 1. The third-order valence-corrected chi connectivity index (χ3v) is 2.27. The van der Waals surface area contributed by atoms with Gasteiger partial charge in [0.05, 0.1) is 15.9 Å². The Morgan fingerprint density at radius 3 is 2.33 bits per heavy atom. The zero-order chi connectivity index (χ0) is 13.9. The van der Waals surface area contributed by atoms with E-state index in [-0.39, 0.29) is 11.1 Å². The van der Waals surface area contributed by atoms with Gasteiger partial charge in [-0.2, -0.15) is 0 Å². The van der Waals surface area contributed by atoms with Crippen molar-refractivity contribution in [3.63, 3.8) is 0 Å². The van der Waals surface area contributed by atoms with Gasteiger partial charge in [0, 0.05) is 12.6 Å². The van der Waals surface area contributed by atoms with Crippen LogP contribution in [0.2, 0.25) is 0 Å². The average molecular weight is 253 g/mol. The molecule has 1 amide bonds. The van der Waals surface area contributed by atoms with Crippen LogP contribution in [0.15, 0.2) is 12.1 Å². The van der Waals surface area contributed by atoms with Gasteiger partial charge in [0.25, 0.3) is 17.3 Å². The van der Waals surface area contributed by atoms with Crippen LogP contribution in [-0.2, 0) is 0 Å². The molecule has 0 aromatic heterocycles. The Morgan fingerprint density at radius 2 is 1.89 bits per heavy atom. The second-order valence-electron chi connectivity index (χ2n) is 3.53. The maximum absolute atomic E-state index is 11.7. The highest BCUT2D eigenvalue weighted by Crippen LogP contribution is 2.28. The van der Waals surface area contributed by atoms with E-state index >= 15 is 0 Å². The van der Waals surface area contributed by atoms with Gasteiger partial charge in [0.15, 0.2) is 0 Å². The Bertz CT molecular complexity index is 526. The first-order chi connectivity index (χ1) is 8.38. The maximum Gasteiger partial charge on any atom is 0.289 e. The van der Waals surface area contributed by atoms with Crippen molar-refractivity contribution in [1.29, 1.82) is 0 Å². The number of carbonyl (C=O) groups excluding carboxylic acids is 1. The lowest BCUT2D eigenvalue weighted by molar-refractivity contribution is -0.394. The monoisotopic (exact) mass is 253 g/mol. The summed E-state index contributed by atoms with van der Waals surface area (Å²) in [7, 11) is 0. The summed E-state index contributed by atoms with van der Waals surface area (Å²) in [4.78, 5) is 31.6. The van der Waals surface area contributed by atoms with Crippen LogP contribution in [0.4, 0.5) is 11.4 Å². The fourth-order valence-corrected chi connectivity index (χ4v) is 1.54. The Kier molecular flexibility index (Phi) is 3.93. The van der Waals surface area contributed by atoms with E-state index in [1.165, 1.54) is 6.92 Å². The van der Waals surface area contributed by atoms with E-state index in [1.807, 2.05) is 0 Å². The zero-order valence-electron chi connectivity index (χ0n) is 9.80. The maximum atomic E-state index is 11.7. The van der Waals surface area contributed by atoms with E-state index in [2.05, 4.69) is 5.32 Å². The number of carbonyl (C=O) groups is 1. The van der Waals surface area contributed by atoms with Crippen LogP contribution in [0.3, 0.4) is 0 Å². The highest BCUT2D eigenvalue weighted by atomic mass is 16.6. The van der Waals surface area contributed by atoms with Crippen molar-refractivity contribution in [1.82, 2.24) is 5.32 Å². The standard InChI is InChI=1S/C10H11N3O5/c1-3-11-10(14)9-6(2)4-7(12(15)16)5-8(9)13(17)18/h4-5H,3H2,1-2H3,(H,11,14). The van der Waals surface area contributed by atoms with Gasteiger partial charge in [-0.25, -0.2) is 0 Å². The third kappa shape index (κ3) is 2.59. The molecule has 0 saturated carbocycles. The molecule has 0 spiro atoms. The minimum Gasteiger partial charge on any atom is -0.352 e. The first kappa shape index (κ1) is 13.6. The molecule has 0 heterocycles. The molecule has 8 heteroatoms. The number of rotatable bonds is 4. The number of benzene rings is 1. The molecule has 0 aliphatic heterocycles. The Balaban J connectivity index is 3.45. The van der Waals surface area contributed by atoms with Gasteiger partial charge in [-0.05, 0) is 19.4 Å². The lowest BCUT2D eigenvalue weighted by Crippen LogP contribution is -2.24. The molecule has 0 saturated heterocycles. The van der Waals surface area contributed by atoms with Gasteiger partial charge in [0.2, 0.25) is 0 Å². The molecule has 1 rings (SSSR count). The molecule has 0 atom stereocenters. The van der Waals surface area contributed by atoms with E-state index in [0.717, 1.165) is 12.1 Å². The van der Waals surface area contributed by atoms with Crippen LogP contribution in [0, 0.1) is 27.2 Å². The predicted octanol–water partition coefficient (Wildman–Crippen LogP) is 1.56. The average Bonchev–Trinajstić information content (AvgIpc) is 2.27. The van der Waals surface area contributed by atoms with E-state index in [9.17, 15) is 25.0 Å². The summed E-state index contributed by atoms with van der Waals surface area (Å²) < 4.78 is 0. The Hall–Kier alpha value is -2.51. The fourth-order valence-electron chi connectivity index (χ4n) is 1.54. The molecule has 0 fully saturated rings. The number of nitro benzene ring substituents is 2. The normalized spacial score (nSPS) is 9.89. The largest absolute Gasteiger partial charge is 0.352 e. The van der Waals surface area contributed by atoms with Crippen LogP contribution in [0.1, 0.15) is 22.8 Å². The van der Waals surface area contributed by atoms with Crippen molar-refractivity contribution in [2.24, 2.45) is 0 Å². The summed E-state index contributed by atoms with van der Waals surface area (Å²) in [5, 5.41) is 23.9. The van der Waals surface area contributed by atoms with E-state index in [0.29, 0.717) is 6.54 Å². The molecule has 18 heavy (non-hydrogen) atoms. The van der Waals surface area contributed by atoms with Crippen molar-refractivity contribution in [3.8, 4) is 0 Å². The van der Waals surface area contributed by atoms with Crippen LogP contribution >= 0.6 is 0 Å². The number of hydrogen-bond donors (Lipinski definition) is 1. The minimum absolute atomic E-state index is 0.146. The summed E-state index contributed by atoms with van der Waals surface area (Å²) in [6.45, 7) is 3.40. The van der Waals surface area contributed by atoms with E-state index in [4.69, 9.17) is 0 Å². The second-order valence-corrected chi connectivity index (χ2v) is 3.53. The van der Waals surface area contributed by atoms with Crippen molar-refractivity contribution in [2.45, 2.75) is 13.8 Å². The molecular formula is C10H11N3O5. The fraction of sp³-hybridized carbons (Fsp3) is 0.300. The molecule has 8 nitrogen and oxygen atoms in total. The quantitative estimate of drug-likeness (QED) is 0.645. The minimum atomic E-state index is -0.801. The summed E-state index contributed by atoms with van der Waals surface area (Å²) in [6.07, 6.45) is 0. The van der Waals surface area contributed by atoms with Gasteiger partial charge in [-0.1, -0.05) is 0 Å². The van der Waals surface area contributed by atoms with Crippen molar-refractivity contribution in [2.75, 3.05) is 6.54 Å². The first-order valence-electron chi connectivity index (χ1n) is 5.10. The van der Waals surface area contributed by atoms with Crippen molar-refractivity contribution < 1.29 is 14.6 Å². The number of aryl methyl sites for hydroxylation is 1. The van der Waals surface area contributed by atoms with Crippen LogP contribution in [0.5, 0.6) is 0 Å². The Labute approximate surface area is 102 Å². The topological polar surface area (TPSA) is 115 Å². The van der Waals surface area contributed by atoms with Crippen LogP contribution in [-0.4, -0.2) is 22.3 Å². The molecule has 0 unspecified atom stereocenters. The lowest BCUT2D eigenvalue weighted by atomic mass is 10.0. The van der Waals surface area contributed by atoms with E-state index < -0.39 is 27.1 Å². The smallest absolute Gasteiger partial charge is 0.289 e. The molecule has 1 N–H and O–H groups in total. The highest BCUT2D eigenvalue weighted by Gasteiger charge is 2.26. The molecule has 0 bridgehead atoms. The molecular weight excluding hydrogens is 242 g/mol. The molecule has 1 aromatic carbocycles. The van der Waals surface area contributed by atoms with Crippen molar-refractivity contribution in [3.05, 3.63) is 43.5 Å². The van der Waals surface area contributed by atoms with Gasteiger partial charge in [0.1, 0.15) is 5.56 Å². The third-order valence-electron chi connectivity index (χ3n) is 2.27. The van der Waals surface area contributed by atoms with Crippen molar-refractivity contribution >= 4 is 17.3 Å². The molecule has 1 aromatic rings. The van der Waals surface area contributed by atoms with Gasteiger partial charge in [-0.3, -0.25) is 25.0 Å². The SMILES string of the molecule is CCNC(=O)c1c(C)cc([N+](=O)[O-])cc1[N+](=O)[O-].